The van der Waals surface area contributed by atoms with Crippen LogP contribution in [0.15, 0.2) is 6.20 Å². The van der Waals surface area contributed by atoms with E-state index in [0.29, 0.717) is 12.4 Å². The smallest absolute Gasteiger partial charge is 0.354 e. The molecule has 0 aliphatic carbocycles. The van der Waals surface area contributed by atoms with Gasteiger partial charge in [-0.3, -0.25) is 4.79 Å². The van der Waals surface area contributed by atoms with Crippen LogP contribution in [0.5, 0.6) is 0 Å². The van der Waals surface area contributed by atoms with E-state index in [1.165, 1.54) is 10.8 Å². The third kappa shape index (κ3) is 3.58. The van der Waals surface area contributed by atoms with Crippen LogP contribution < -0.4 is 5.32 Å². The number of carboxylic acids is 1. The molecule has 0 aliphatic heterocycles. The number of carbonyl (C=O) groups excluding carboxylic acids is 1. The Labute approximate surface area is 99.7 Å². The monoisotopic (exact) mass is 239 g/mol. The number of imidazole rings is 1. The van der Waals surface area contributed by atoms with Crippen molar-refractivity contribution in [3.63, 3.8) is 0 Å². The molecule has 1 aromatic heterocycles. The molecule has 0 spiro atoms. The molecule has 6 nitrogen and oxygen atoms in total. The first-order chi connectivity index (χ1) is 7.91. The zero-order chi connectivity index (χ0) is 13.0. The minimum atomic E-state index is -1.03. The fourth-order valence-corrected chi connectivity index (χ4v) is 1.53. The summed E-state index contributed by atoms with van der Waals surface area (Å²) in [5.41, 5.74) is 0.111. The van der Waals surface area contributed by atoms with Crippen LogP contribution in [0.3, 0.4) is 0 Å². The highest BCUT2D eigenvalue weighted by atomic mass is 16.4. The van der Waals surface area contributed by atoms with E-state index in [1.807, 2.05) is 13.8 Å². The molecule has 0 unspecified atom stereocenters. The lowest BCUT2D eigenvalue weighted by molar-refractivity contribution is -0.121. The average Bonchev–Trinajstić information content (AvgIpc) is 2.55. The van der Waals surface area contributed by atoms with E-state index >= 15 is 0 Å². The minimum absolute atomic E-state index is 0.0883. The first-order valence-corrected chi connectivity index (χ1v) is 5.46. The van der Waals surface area contributed by atoms with Gasteiger partial charge in [0.25, 0.3) is 0 Å². The number of aromatic nitrogens is 2. The van der Waals surface area contributed by atoms with Gasteiger partial charge in [0, 0.05) is 19.0 Å². The lowest BCUT2D eigenvalue weighted by Gasteiger charge is -2.10. The number of nitrogens with zero attached hydrogens (tertiary/aromatic N) is 2. The van der Waals surface area contributed by atoms with Crippen molar-refractivity contribution >= 4 is 11.9 Å². The second kappa shape index (κ2) is 5.47. The number of amides is 1. The summed E-state index contributed by atoms with van der Waals surface area (Å²) in [7, 11) is 0. The molecule has 2 N–H and O–H groups in total. The molecule has 17 heavy (non-hydrogen) atoms. The summed E-state index contributed by atoms with van der Waals surface area (Å²) in [6.45, 7) is 5.80. The minimum Gasteiger partial charge on any atom is -0.477 e. The first-order valence-electron chi connectivity index (χ1n) is 5.46. The van der Waals surface area contributed by atoms with Gasteiger partial charge < -0.3 is 15.0 Å². The lowest BCUT2D eigenvalue weighted by atomic mass is 10.3. The standard InChI is InChI=1S/C11H17N3O3/c1-7(2)13-10(15)4-5-14-8(3)12-6-9(14)11(16)17/h6-7H,4-5H2,1-3H3,(H,13,15)(H,16,17). The van der Waals surface area contributed by atoms with Gasteiger partial charge >= 0.3 is 5.97 Å². The summed E-state index contributed by atoms with van der Waals surface area (Å²) in [6, 6.07) is 0.0883. The Morgan fingerprint density at radius 3 is 2.71 bits per heavy atom. The molecule has 0 aromatic carbocycles. The van der Waals surface area contributed by atoms with E-state index in [4.69, 9.17) is 5.11 Å². The van der Waals surface area contributed by atoms with Gasteiger partial charge in [0.2, 0.25) is 5.91 Å². The predicted molar refractivity (Wildman–Crippen MR) is 61.8 cm³/mol. The van der Waals surface area contributed by atoms with Crippen molar-refractivity contribution in [3.8, 4) is 0 Å². The maximum absolute atomic E-state index is 11.4. The lowest BCUT2D eigenvalue weighted by Crippen LogP contribution is -2.31. The zero-order valence-corrected chi connectivity index (χ0v) is 10.2. The molecular weight excluding hydrogens is 222 g/mol. The van der Waals surface area contributed by atoms with Gasteiger partial charge in [-0.15, -0.1) is 0 Å². The molecule has 0 saturated carbocycles. The molecule has 1 aromatic rings. The molecule has 0 atom stereocenters. The third-order valence-electron chi connectivity index (χ3n) is 2.29. The van der Waals surface area contributed by atoms with Gasteiger partial charge in [0.1, 0.15) is 11.5 Å². The van der Waals surface area contributed by atoms with Crippen molar-refractivity contribution in [3.05, 3.63) is 17.7 Å². The average molecular weight is 239 g/mol. The van der Waals surface area contributed by atoms with Crippen LogP contribution in [-0.4, -0.2) is 32.6 Å². The van der Waals surface area contributed by atoms with Crippen molar-refractivity contribution in [2.24, 2.45) is 0 Å². The fourth-order valence-electron chi connectivity index (χ4n) is 1.53. The molecular formula is C11H17N3O3. The van der Waals surface area contributed by atoms with Gasteiger partial charge in [-0.2, -0.15) is 0 Å². The van der Waals surface area contributed by atoms with Crippen molar-refractivity contribution in [2.75, 3.05) is 0 Å². The van der Waals surface area contributed by atoms with Gasteiger partial charge in [0.15, 0.2) is 0 Å². The van der Waals surface area contributed by atoms with E-state index < -0.39 is 5.97 Å². The van der Waals surface area contributed by atoms with E-state index in [9.17, 15) is 9.59 Å². The predicted octanol–water partition coefficient (Wildman–Crippen LogP) is 0.804. The number of aryl methyl sites for hydroxylation is 1. The van der Waals surface area contributed by atoms with E-state index in [1.54, 1.807) is 6.92 Å². The Bertz CT molecular complexity index is 424. The molecule has 1 heterocycles. The van der Waals surface area contributed by atoms with Crippen LogP contribution in [0, 0.1) is 6.92 Å². The number of aromatic carboxylic acids is 1. The van der Waals surface area contributed by atoms with Gasteiger partial charge in [0.05, 0.1) is 6.20 Å². The molecule has 0 bridgehead atoms. The Morgan fingerprint density at radius 1 is 1.53 bits per heavy atom. The highest BCUT2D eigenvalue weighted by Gasteiger charge is 2.14. The van der Waals surface area contributed by atoms with Crippen LogP contribution in [0.4, 0.5) is 0 Å². The van der Waals surface area contributed by atoms with Crippen LogP contribution in [-0.2, 0) is 11.3 Å². The second-order valence-corrected chi connectivity index (χ2v) is 4.12. The number of rotatable bonds is 5. The zero-order valence-electron chi connectivity index (χ0n) is 10.2. The molecule has 0 fully saturated rings. The van der Waals surface area contributed by atoms with Crippen LogP contribution >= 0.6 is 0 Å². The summed E-state index contributed by atoms with van der Waals surface area (Å²) < 4.78 is 1.53. The highest BCUT2D eigenvalue weighted by molar-refractivity contribution is 5.85. The molecule has 94 valence electrons. The fraction of sp³-hybridized carbons (Fsp3) is 0.545. The molecule has 0 radical (unpaired) electrons. The van der Waals surface area contributed by atoms with E-state index in [0.717, 1.165) is 0 Å². The van der Waals surface area contributed by atoms with E-state index in [2.05, 4.69) is 10.3 Å². The van der Waals surface area contributed by atoms with E-state index in [-0.39, 0.29) is 24.1 Å². The Hall–Kier alpha value is -1.85. The van der Waals surface area contributed by atoms with Gasteiger partial charge in [-0.1, -0.05) is 0 Å². The molecule has 0 aliphatic rings. The van der Waals surface area contributed by atoms with Gasteiger partial charge in [-0.25, -0.2) is 9.78 Å². The normalized spacial score (nSPS) is 10.6. The summed E-state index contributed by atoms with van der Waals surface area (Å²) in [5, 5.41) is 11.7. The molecule has 1 amide bonds. The Morgan fingerprint density at radius 2 is 2.18 bits per heavy atom. The summed E-state index contributed by atoms with van der Waals surface area (Å²) >= 11 is 0. The molecule has 1 rings (SSSR count). The maximum Gasteiger partial charge on any atom is 0.354 e. The number of hydrogen-bond acceptors (Lipinski definition) is 3. The Balaban J connectivity index is 2.66. The number of nitrogens with one attached hydrogen (secondary N) is 1. The third-order valence-corrected chi connectivity index (χ3v) is 2.29. The highest BCUT2D eigenvalue weighted by Crippen LogP contribution is 2.06. The Kier molecular flexibility index (Phi) is 4.25. The van der Waals surface area contributed by atoms with Gasteiger partial charge in [-0.05, 0) is 20.8 Å². The van der Waals surface area contributed by atoms with Crippen molar-refractivity contribution < 1.29 is 14.7 Å². The first kappa shape index (κ1) is 13.2. The van der Waals surface area contributed by atoms with Crippen LogP contribution in [0.25, 0.3) is 0 Å². The number of hydrogen-bond donors (Lipinski definition) is 2. The topological polar surface area (TPSA) is 84.2 Å². The van der Waals surface area contributed by atoms with Crippen molar-refractivity contribution in [1.29, 1.82) is 0 Å². The summed E-state index contributed by atoms with van der Waals surface area (Å²) in [5.74, 6) is -0.529. The maximum atomic E-state index is 11.4. The quantitative estimate of drug-likeness (QED) is 0.796. The largest absolute Gasteiger partial charge is 0.477 e. The van der Waals surface area contributed by atoms with Crippen LogP contribution in [0.1, 0.15) is 36.6 Å². The molecule has 6 heteroatoms. The summed E-state index contributed by atoms with van der Waals surface area (Å²) in [4.78, 5) is 26.3. The van der Waals surface area contributed by atoms with Crippen molar-refractivity contribution in [2.45, 2.75) is 39.8 Å². The number of carboxylic acid groups (broad SMARTS) is 1. The molecule has 0 saturated heterocycles. The van der Waals surface area contributed by atoms with Crippen molar-refractivity contribution in [1.82, 2.24) is 14.9 Å². The SMILES string of the molecule is Cc1ncc(C(=O)O)n1CCC(=O)NC(C)C. The summed E-state index contributed by atoms with van der Waals surface area (Å²) in [6.07, 6.45) is 1.55. The van der Waals surface area contributed by atoms with Crippen LogP contribution in [0.2, 0.25) is 0 Å². The number of carbonyl (C=O) groups is 2. The second-order valence-electron chi connectivity index (χ2n) is 4.12.